The lowest BCUT2D eigenvalue weighted by Crippen LogP contribution is -2.18. The highest BCUT2D eigenvalue weighted by atomic mass is 32.2. The summed E-state index contributed by atoms with van der Waals surface area (Å²) in [5.41, 5.74) is 2.23. The van der Waals surface area contributed by atoms with Crippen LogP contribution in [0.4, 0.5) is 5.95 Å². The van der Waals surface area contributed by atoms with E-state index in [0.29, 0.717) is 16.4 Å². The van der Waals surface area contributed by atoms with Gasteiger partial charge in [0.1, 0.15) is 5.25 Å². The lowest BCUT2D eigenvalue weighted by Gasteiger charge is -2.12. The molecule has 1 atom stereocenters. The molecule has 0 aliphatic heterocycles. The summed E-state index contributed by atoms with van der Waals surface area (Å²) in [5, 5.41) is 11.4. The molecule has 0 aliphatic rings. The number of hydrogen-bond donors (Lipinski definition) is 2. The predicted molar refractivity (Wildman–Crippen MR) is 107 cm³/mol. The molecule has 3 rings (SSSR count). The van der Waals surface area contributed by atoms with Crippen molar-refractivity contribution in [1.82, 2.24) is 9.55 Å². The number of carboxylic acid groups (broad SMARTS) is 1. The minimum atomic E-state index is -0.917. The number of aromatic nitrogens is 2. The number of amides is 1. The van der Waals surface area contributed by atoms with Gasteiger partial charge in [-0.05, 0) is 37.6 Å². The Morgan fingerprint density at radius 2 is 1.89 bits per heavy atom. The quantitative estimate of drug-likeness (QED) is 0.596. The second kappa shape index (κ2) is 8.26. The summed E-state index contributed by atoms with van der Waals surface area (Å²) in [6.07, 6.45) is 0.909. The number of thioether (sulfide) groups is 1. The maximum atomic E-state index is 12.9. The van der Waals surface area contributed by atoms with Gasteiger partial charge in [0, 0.05) is 11.4 Å². The van der Waals surface area contributed by atoms with Crippen LogP contribution >= 0.6 is 11.8 Å². The van der Waals surface area contributed by atoms with Gasteiger partial charge >= 0.3 is 5.97 Å². The van der Waals surface area contributed by atoms with Crippen molar-refractivity contribution in [3.8, 4) is 0 Å². The van der Waals surface area contributed by atoms with Crippen molar-refractivity contribution in [2.75, 3.05) is 5.32 Å². The Bertz CT molecular complexity index is 984. The average molecular weight is 383 g/mol. The molecule has 3 aromatic rings. The van der Waals surface area contributed by atoms with Gasteiger partial charge in [-0.15, -0.1) is 11.8 Å². The standard InChI is InChI=1S/C20H21N3O3S/c1-3-12-23-16-10-6-5-9-15(16)21-20(23)22-18(24)14-8-4-7-11-17(14)27-13(2)19(25)26/h4-11,13H,3,12H2,1-2H3,(H,25,26)(H,21,22,24). The largest absolute Gasteiger partial charge is 0.480 e. The number of carbonyl (C=O) groups is 2. The first-order valence-corrected chi connectivity index (χ1v) is 9.64. The number of rotatable bonds is 7. The van der Waals surface area contributed by atoms with Crippen molar-refractivity contribution < 1.29 is 14.7 Å². The summed E-state index contributed by atoms with van der Waals surface area (Å²) in [4.78, 5) is 29.2. The molecule has 0 fully saturated rings. The number of para-hydroxylation sites is 2. The molecule has 6 nitrogen and oxygen atoms in total. The number of carboxylic acids is 1. The molecule has 2 aromatic carbocycles. The molecule has 1 unspecified atom stereocenters. The molecule has 140 valence electrons. The number of fused-ring (bicyclic) bond motifs is 1. The van der Waals surface area contributed by atoms with Gasteiger partial charge < -0.3 is 9.67 Å². The van der Waals surface area contributed by atoms with E-state index < -0.39 is 11.2 Å². The van der Waals surface area contributed by atoms with Crippen molar-refractivity contribution in [1.29, 1.82) is 0 Å². The van der Waals surface area contributed by atoms with Gasteiger partial charge in [-0.2, -0.15) is 0 Å². The fourth-order valence-electron chi connectivity index (χ4n) is 2.79. The van der Waals surface area contributed by atoms with E-state index in [1.165, 1.54) is 0 Å². The van der Waals surface area contributed by atoms with Gasteiger partial charge in [0.25, 0.3) is 5.91 Å². The fourth-order valence-corrected chi connectivity index (χ4v) is 3.71. The molecular formula is C20H21N3O3S. The second-order valence-corrected chi connectivity index (χ2v) is 7.51. The van der Waals surface area contributed by atoms with Crippen molar-refractivity contribution in [2.24, 2.45) is 0 Å². The van der Waals surface area contributed by atoms with E-state index in [4.69, 9.17) is 5.11 Å². The number of anilines is 1. The molecule has 0 saturated carbocycles. The number of benzene rings is 2. The molecule has 27 heavy (non-hydrogen) atoms. The van der Waals surface area contributed by atoms with Crippen LogP contribution in [0.25, 0.3) is 11.0 Å². The fraction of sp³-hybridized carbons (Fsp3) is 0.250. The maximum absolute atomic E-state index is 12.9. The highest BCUT2D eigenvalue weighted by Gasteiger charge is 2.19. The lowest BCUT2D eigenvalue weighted by atomic mass is 10.2. The van der Waals surface area contributed by atoms with E-state index in [1.807, 2.05) is 28.8 Å². The van der Waals surface area contributed by atoms with Crippen LogP contribution in [0, 0.1) is 0 Å². The number of carbonyl (C=O) groups excluding carboxylic acids is 1. The van der Waals surface area contributed by atoms with Crippen LogP contribution in [0.5, 0.6) is 0 Å². The van der Waals surface area contributed by atoms with Crippen LogP contribution in [-0.2, 0) is 11.3 Å². The number of imidazole rings is 1. The van der Waals surface area contributed by atoms with Gasteiger partial charge in [-0.3, -0.25) is 14.9 Å². The Morgan fingerprint density at radius 1 is 1.19 bits per heavy atom. The van der Waals surface area contributed by atoms with E-state index >= 15 is 0 Å². The summed E-state index contributed by atoms with van der Waals surface area (Å²) in [7, 11) is 0. The summed E-state index contributed by atoms with van der Waals surface area (Å²) in [6, 6.07) is 14.8. The van der Waals surface area contributed by atoms with E-state index in [9.17, 15) is 9.59 Å². The first-order valence-electron chi connectivity index (χ1n) is 8.76. The van der Waals surface area contributed by atoms with Gasteiger partial charge in [-0.1, -0.05) is 31.2 Å². The van der Waals surface area contributed by atoms with Crippen LogP contribution in [-0.4, -0.2) is 31.8 Å². The molecule has 1 amide bonds. The molecule has 7 heteroatoms. The first kappa shape index (κ1) is 19.0. The summed E-state index contributed by atoms with van der Waals surface area (Å²) in [5.74, 6) is -0.725. The van der Waals surface area contributed by atoms with Crippen LogP contribution < -0.4 is 5.32 Å². The summed E-state index contributed by atoms with van der Waals surface area (Å²) >= 11 is 1.15. The molecule has 0 bridgehead atoms. The topological polar surface area (TPSA) is 84.2 Å². The average Bonchev–Trinajstić information content (AvgIpc) is 2.99. The maximum Gasteiger partial charge on any atom is 0.316 e. The molecule has 1 aromatic heterocycles. The van der Waals surface area contributed by atoms with E-state index in [0.717, 1.165) is 35.8 Å². The van der Waals surface area contributed by atoms with Gasteiger partial charge in [0.2, 0.25) is 5.95 Å². The van der Waals surface area contributed by atoms with Crippen LogP contribution in [0.15, 0.2) is 53.4 Å². The number of nitrogens with zero attached hydrogens (tertiary/aromatic N) is 2. The Hall–Kier alpha value is -2.80. The lowest BCUT2D eigenvalue weighted by molar-refractivity contribution is -0.136. The van der Waals surface area contributed by atoms with Crippen LogP contribution in [0.1, 0.15) is 30.6 Å². The van der Waals surface area contributed by atoms with E-state index in [-0.39, 0.29) is 5.91 Å². The Balaban J connectivity index is 1.91. The minimum Gasteiger partial charge on any atom is -0.480 e. The van der Waals surface area contributed by atoms with Crippen molar-refractivity contribution >= 4 is 40.6 Å². The third-order valence-corrected chi connectivity index (χ3v) is 5.28. The zero-order valence-corrected chi connectivity index (χ0v) is 16.0. The van der Waals surface area contributed by atoms with E-state index in [2.05, 4.69) is 17.2 Å². The first-order chi connectivity index (χ1) is 13.0. The highest BCUT2D eigenvalue weighted by Crippen LogP contribution is 2.28. The third-order valence-electron chi connectivity index (χ3n) is 4.11. The van der Waals surface area contributed by atoms with E-state index in [1.54, 1.807) is 31.2 Å². The predicted octanol–water partition coefficient (Wildman–Crippen LogP) is 4.26. The SMILES string of the molecule is CCCn1c(NC(=O)c2ccccc2SC(C)C(=O)O)nc2ccccc21. The van der Waals surface area contributed by atoms with Crippen LogP contribution in [0.3, 0.4) is 0 Å². The summed E-state index contributed by atoms with van der Waals surface area (Å²) in [6.45, 7) is 4.41. The number of nitrogens with one attached hydrogen (secondary N) is 1. The molecule has 0 radical (unpaired) electrons. The molecule has 1 heterocycles. The highest BCUT2D eigenvalue weighted by molar-refractivity contribution is 8.00. The molecule has 2 N–H and O–H groups in total. The molecule has 0 aliphatic carbocycles. The van der Waals surface area contributed by atoms with Crippen LogP contribution in [0.2, 0.25) is 0 Å². The van der Waals surface area contributed by atoms with Gasteiger partial charge in [-0.25, -0.2) is 4.98 Å². The van der Waals surface area contributed by atoms with Gasteiger partial charge in [0.15, 0.2) is 0 Å². The Labute approximate surface area is 161 Å². The smallest absolute Gasteiger partial charge is 0.316 e. The number of aryl methyl sites for hydroxylation is 1. The third kappa shape index (κ3) is 4.14. The zero-order chi connectivity index (χ0) is 19.4. The normalized spacial score (nSPS) is 12.1. The molecular weight excluding hydrogens is 362 g/mol. The molecule has 0 saturated heterocycles. The monoisotopic (exact) mass is 383 g/mol. The zero-order valence-electron chi connectivity index (χ0n) is 15.2. The number of hydrogen-bond acceptors (Lipinski definition) is 4. The van der Waals surface area contributed by atoms with Gasteiger partial charge in [0.05, 0.1) is 16.6 Å². The van der Waals surface area contributed by atoms with Crippen molar-refractivity contribution in [3.05, 3.63) is 54.1 Å². The summed E-state index contributed by atoms with van der Waals surface area (Å²) < 4.78 is 1.99. The molecule has 0 spiro atoms. The minimum absolute atomic E-state index is 0.302. The second-order valence-electron chi connectivity index (χ2n) is 6.12. The Morgan fingerprint density at radius 3 is 2.63 bits per heavy atom. The van der Waals surface area contributed by atoms with Crippen molar-refractivity contribution in [2.45, 2.75) is 37.0 Å². The Kier molecular flexibility index (Phi) is 5.81. The van der Waals surface area contributed by atoms with Crippen molar-refractivity contribution in [3.63, 3.8) is 0 Å². The number of aliphatic carboxylic acids is 1.